The third kappa shape index (κ3) is 8.26. The number of rotatable bonds is 15. The number of fused-ring (bicyclic) bond motifs is 3. The zero-order valence-corrected chi connectivity index (χ0v) is 34.8. The Labute approximate surface area is 345 Å². The molecule has 7 rings (SSSR count). The number of halogens is 3. The Morgan fingerprint density at radius 1 is 0.576 bits per heavy atom. The van der Waals surface area contributed by atoms with Gasteiger partial charge in [0.25, 0.3) is 0 Å². The smallest absolute Gasteiger partial charge is 0.416 e. The van der Waals surface area contributed by atoms with Gasteiger partial charge in [-0.05, 0) is 134 Å². The van der Waals surface area contributed by atoms with Crippen molar-refractivity contribution in [3.8, 4) is 22.3 Å². The normalized spacial score (nSPS) is 13.5. The lowest BCUT2D eigenvalue weighted by Gasteiger charge is -2.33. The second-order valence-corrected chi connectivity index (χ2v) is 17.5. The standard InChI is InChI=1S/C52H53F3O4/c1-32(2)48(56)58-26-12-8-10-24-51(25-11-9-13-27-59-49(57)33(3)4)44-30-35(17-21-41(44)42-23-19-38(31-45(42)51)52(53,54)55)40-20-16-34-14-15-36-28-39(50(5,6)7)29-37-18-22-43(40)47(34)46(36)37/h14-23,28-31H,1,3,8-13,24-27H2,2,4-7H3. The lowest BCUT2D eigenvalue weighted by atomic mass is 9.70. The molecule has 4 nitrogen and oxygen atoms in total. The summed E-state index contributed by atoms with van der Waals surface area (Å²) < 4.78 is 54.1. The number of esters is 2. The molecular formula is C52H53F3O4. The second kappa shape index (κ2) is 16.3. The minimum absolute atomic E-state index is 0.000121. The molecule has 0 heterocycles. The quantitative estimate of drug-likeness (QED) is 0.0449. The highest BCUT2D eigenvalue weighted by Gasteiger charge is 2.44. The van der Waals surface area contributed by atoms with Crippen molar-refractivity contribution in [3.05, 3.63) is 131 Å². The van der Waals surface area contributed by atoms with Crippen LogP contribution in [0.3, 0.4) is 0 Å². The maximum Gasteiger partial charge on any atom is 0.416 e. The van der Waals surface area contributed by atoms with E-state index in [0.717, 1.165) is 64.3 Å². The monoisotopic (exact) mass is 798 g/mol. The average Bonchev–Trinajstić information content (AvgIpc) is 3.46. The van der Waals surface area contributed by atoms with Crippen molar-refractivity contribution in [2.75, 3.05) is 13.2 Å². The van der Waals surface area contributed by atoms with Crippen molar-refractivity contribution in [1.29, 1.82) is 0 Å². The first-order chi connectivity index (χ1) is 28.0. The van der Waals surface area contributed by atoms with Crippen LogP contribution in [0.2, 0.25) is 0 Å². The molecule has 6 aromatic rings. The van der Waals surface area contributed by atoms with E-state index in [2.05, 4.69) is 101 Å². The van der Waals surface area contributed by atoms with Crippen LogP contribution < -0.4 is 0 Å². The molecule has 0 aliphatic heterocycles. The molecule has 0 spiro atoms. The third-order valence-corrected chi connectivity index (χ3v) is 12.1. The van der Waals surface area contributed by atoms with E-state index < -0.39 is 29.1 Å². The lowest BCUT2D eigenvalue weighted by Crippen LogP contribution is -2.26. The number of carbonyl (C=O) groups excluding carboxylic acids is 2. The Morgan fingerprint density at radius 3 is 1.64 bits per heavy atom. The van der Waals surface area contributed by atoms with Gasteiger partial charge >= 0.3 is 18.1 Å². The number of ether oxygens (including phenoxy) is 2. The van der Waals surface area contributed by atoms with Gasteiger partial charge in [-0.15, -0.1) is 0 Å². The number of hydrogen-bond acceptors (Lipinski definition) is 4. The van der Waals surface area contributed by atoms with Crippen LogP contribution >= 0.6 is 0 Å². The summed E-state index contributed by atoms with van der Waals surface area (Å²) in [6.07, 6.45) is 0.893. The highest BCUT2D eigenvalue weighted by molar-refractivity contribution is 6.25. The summed E-state index contributed by atoms with van der Waals surface area (Å²) in [6, 6.07) is 28.5. The van der Waals surface area contributed by atoms with E-state index in [9.17, 15) is 22.8 Å². The van der Waals surface area contributed by atoms with E-state index in [1.165, 1.54) is 39.2 Å². The molecule has 7 heteroatoms. The van der Waals surface area contributed by atoms with Crippen molar-refractivity contribution < 1.29 is 32.2 Å². The minimum atomic E-state index is -4.50. The maximum atomic E-state index is 14.5. The number of hydrogen-bond donors (Lipinski definition) is 0. The molecule has 0 bridgehead atoms. The van der Waals surface area contributed by atoms with E-state index in [1.54, 1.807) is 19.9 Å². The predicted octanol–water partition coefficient (Wildman–Crippen LogP) is 14.2. The molecule has 0 amide bonds. The second-order valence-electron chi connectivity index (χ2n) is 17.5. The Hall–Kier alpha value is -5.43. The zero-order chi connectivity index (χ0) is 42.3. The highest BCUT2D eigenvalue weighted by atomic mass is 19.4. The molecule has 59 heavy (non-hydrogen) atoms. The molecule has 0 saturated carbocycles. The average molecular weight is 799 g/mol. The molecule has 1 aliphatic rings. The summed E-state index contributed by atoms with van der Waals surface area (Å²) in [5.74, 6) is -0.856. The van der Waals surface area contributed by atoms with Crippen LogP contribution in [0.1, 0.15) is 108 Å². The summed E-state index contributed by atoms with van der Waals surface area (Å²) in [6.45, 7) is 17.7. The van der Waals surface area contributed by atoms with Crippen LogP contribution in [0.15, 0.2) is 109 Å². The third-order valence-electron chi connectivity index (χ3n) is 12.1. The molecule has 0 aromatic heterocycles. The van der Waals surface area contributed by atoms with Crippen LogP contribution in [0.4, 0.5) is 13.2 Å². The van der Waals surface area contributed by atoms with Crippen LogP contribution in [-0.2, 0) is 36.1 Å². The first kappa shape index (κ1) is 41.7. The first-order valence-electron chi connectivity index (χ1n) is 20.7. The SMILES string of the molecule is C=C(C)C(=O)OCCCCCC1(CCCCCOC(=O)C(=C)C)c2cc(-c3ccc4ccc5cc(C(C)(C)C)cc6ccc3c4c56)ccc2-c2ccc(C(F)(F)F)cc21. The molecule has 0 unspecified atom stereocenters. The van der Waals surface area contributed by atoms with Gasteiger partial charge in [0.2, 0.25) is 0 Å². The van der Waals surface area contributed by atoms with Crippen LogP contribution in [0.25, 0.3) is 54.6 Å². The first-order valence-corrected chi connectivity index (χ1v) is 20.7. The Kier molecular flexibility index (Phi) is 11.5. The number of alkyl halides is 3. The Balaban J connectivity index is 1.31. The summed E-state index contributed by atoms with van der Waals surface area (Å²) in [7, 11) is 0. The van der Waals surface area contributed by atoms with Crippen molar-refractivity contribution in [2.45, 2.75) is 103 Å². The molecule has 1 aliphatic carbocycles. The van der Waals surface area contributed by atoms with E-state index in [4.69, 9.17) is 9.47 Å². The molecule has 0 atom stereocenters. The largest absolute Gasteiger partial charge is 0.462 e. The summed E-state index contributed by atoms with van der Waals surface area (Å²) in [5, 5.41) is 7.16. The van der Waals surface area contributed by atoms with Crippen LogP contribution in [-0.4, -0.2) is 25.2 Å². The topological polar surface area (TPSA) is 52.6 Å². The summed E-state index contributed by atoms with van der Waals surface area (Å²) >= 11 is 0. The van der Waals surface area contributed by atoms with Gasteiger partial charge in [-0.25, -0.2) is 9.59 Å². The zero-order valence-electron chi connectivity index (χ0n) is 34.8. The van der Waals surface area contributed by atoms with Gasteiger partial charge in [0.15, 0.2) is 0 Å². The van der Waals surface area contributed by atoms with Crippen molar-refractivity contribution in [2.24, 2.45) is 0 Å². The van der Waals surface area contributed by atoms with Gasteiger partial charge < -0.3 is 9.47 Å². The van der Waals surface area contributed by atoms with Gasteiger partial charge in [-0.3, -0.25) is 0 Å². The van der Waals surface area contributed by atoms with Crippen molar-refractivity contribution in [1.82, 2.24) is 0 Å². The van der Waals surface area contributed by atoms with Crippen molar-refractivity contribution >= 4 is 44.3 Å². The Morgan fingerprint density at radius 2 is 1.08 bits per heavy atom. The number of benzene rings is 6. The lowest BCUT2D eigenvalue weighted by molar-refractivity contribution is -0.139. The minimum Gasteiger partial charge on any atom is -0.462 e. The van der Waals surface area contributed by atoms with Gasteiger partial charge in [-0.2, -0.15) is 13.2 Å². The molecular weight excluding hydrogens is 746 g/mol. The number of carbonyl (C=O) groups is 2. The molecule has 0 radical (unpaired) electrons. The van der Waals surface area contributed by atoms with Gasteiger partial charge in [0.1, 0.15) is 0 Å². The van der Waals surface area contributed by atoms with Crippen molar-refractivity contribution in [3.63, 3.8) is 0 Å². The highest BCUT2D eigenvalue weighted by Crippen LogP contribution is 2.56. The summed E-state index contributed by atoms with van der Waals surface area (Å²) in [5.41, 5.74) is 6.21. The Bertz CT molecular complexity index is 2530. The van der Waals surface area contributed by atoms with Crippen LogP contribution in [0, 0.1) is 0 Å². The number of unbranched alkanes of at least 4 members (excludes halogenated alkanes) is 4. The van der Waals surface area contributed by atoms with E-state index in [-0.39, 0.29) is 18.6 Å². The van der Waals surface area contributed by atoms with E-state index >= 15 is 0 Å². The maximum absolute atomic E-state index is 14.5. The van der Waals surface area contributed by atoms with E-state index in [0.29, 0.717) is 42.4 Å². The van der Waals surface area contributed by atoms with Gasteiger partial charge in [-0.1, -0.05) is 126 Å². The van der Waals surface area contributed by atoms with Gasteiger partial charge in [0, 0.05) is 16.6 Å². The fourth-order valence-electron chi connectivity index (χ4n) is 8.99. The van der Waals surface area contributed by atoms with Gasteiger partial charge in [0.05, 0.1) is 18.8 Å². The molecule has 0 saturated heterocycles. The predicted molar refractivity (Wildman–Crippen MR) is 234 cm³/mol. The summed E-state index contributed by atoms with van der Waals surface area (Å²) in [4.78, 5) is 24.0. The molecule has 0 fully saturated rings. The fraction of sp³-hybridized carbons (Fsp3) is 0.346. The molecule has 306 valence electrons. The molecule has 6 aromatic carbocycles. The van der Waals surface area contributed by atoms with Crippen LogP contribution in [0.5, 0.6) is 0 Å². The molecule has 0 N–H and O–H groups in total. The fourth-order valence-corrected chi connectivity index (χ4v) is 8.99. The van der Waals surface area contributed by atoms with E-state index in [1.807, 2.05) is 0 Å².